The van der Waals surface area contributed by atoms with E-state index in [4.69, 9.17) is 9.88 Å². The number of aromatic nitrogens is 2. The first-order valence-corrected chi connectivity index (χ1v) is 7.53. The highest BCUT2D eigenvalue weighted by Crippen LogP contribution is 2.25. The number of aryl methyl sites for hydroxylation is 1. The Morgan fingerprint density at radius 3 is 2.67 bits per heavy atom. The van der Waals surface area contributed by atoms with Gasteiger partial charge in [0.05, 0.1) is 12.9 Å². The zero-order valence-corrected chi connectivity index (χ0v) is 11.7. The molecule has 6 nitrogen and oxygen atoms in total. The normalized spacial score (nSPS) is 11.6. The summed E-state index contributed by atoms with van der Waals surface area (Å²) in [6.07, 6.45) is 5.57. The third-order valence-corrected chi connectivity index (χ3v) is 3.62. The van der Waals surface area contributed by atoms with Crippen molar-refractivity contribution in [1.82, 2.24) is 9.55 Å². The van der Waals surface area contributed by atoms with E-state index < -0.39 is 26.6 Å². The van der Waals surface area contributed by atoms with E-state index in [1.165, 1.54) is 0 Å². The largest absolute Gasteiger partial charge is 0.490 e. The molecule has 0 bridgehead atoms. The maximum absolute atomic E-state index is 13.7. The highest BCUT2D eigenvalue weighted by Gasteiger charge is 2.21. The molecule has 0 aliphatic rings. The van der Waals surface area contributed by atoms with Gasteiger partial charge < -0.3 is 9.30 Å². The second-order valence-electron chi connectivity index (χ2n) is 4.24. The van der Waals surface area contributed by atoms with Gasteiger partial charge in [0, 0.05) is 18.9 Å². The van der Waals surface area contributed by atoms with Crippen LogP contribution in [0.3, 0.4) is 0 Å². The molecule has 1 aromatic carbocycles. The minimum absolute atomic E-state index is 0.142. The number of hydrogen-bond acceptors (Lipinski definition) is 4. The van der Waals surface area contributed by atoms with Crippen molar-refractivity contribution < 1.29 is 21.9 Å². The highest BCUT2D eigenvalue weighted by molar-refractivity contribution is 7.89. The molecule has 0 aliphatic carbocycles. The SMILES string of the molecule is NS(=O)(=O)c1ccc(OCCCn2ccnc2)c(F)c1F. The van der Waals surface area contributed by atoms with Crippen LogP contribution >= 0.6 is 0 Å². The topological polar surface area (TPSA) is 87.2 Å². The molecule has 0 radical (unpaired) electrons. The smallest absolute Gasteiger partial charge is 0.241 e. The Kier molecular flexibility index (Phi) is 4.53. The molecule has 0 atom stereocenters. The third-order valence-electron chi connectivity index (χ3n) is 2.70. The monoisotopic (exact) mass is 317 g/mol. The molecule has 114 valence electrons. The molecule has 21 heavy (non-hydrogen) atoms. The van der Waals surface area contributed by atoms with Crippen LogP contribution in [0, 0.1) is 11.6 Å². The summed E-state index contributed by atoms with van der Waals surface area (Å²) in [5.41, 5.74) is 0. The van der Waals surface area contributed by atoms with E-state index in [1.807, 2.05) is 4.57 Å². The summed E-state index contributed by atoms with van der Waals surface area (Å²) >= 11 is 0. The summed E-state index contributed by atoms with van der Waals surface area (Å²) < 4.78 is 56.2. The Balaban J connectivity index is 1.99. The molecule has 0 spiro atoms. The van der Waals surface area contributed by atoms with Crippen molar-refractivity contribution >= 4 is 10.0 Å². The number of sulfonamides is 1. The van der Waals surface area contributed by atoms with E-state index in [0.717, 1.165) is 12.1 Å². The maximum Gasteiger partial charge on any atom is 0.241 e. The fraction of sp³-hybridized carbons (Fsp3) is 0.250. The zero-order chi connectivity index (χ0) is 15.5. The van der Waals surface area contributed by atoms with Gasteiger partial charge in [0.25, 0.3) is 0 Å². The Bertz CT molecular complexity index is 718. The molecule has 2 aromatic rings. The fourth-order valence-corrected chi connectivity index (χ4v) is 2.29. The molecular formula is C12H13F2N3O3S. The van der Waals surface area contributed by atoms with Crippen LogP contribution in [0.1, 0.15) is 6.42 Å². The molecule has 0 saturated carbocycles. The highest BCUT2D eigenvalue weighted by atomic mass is 32.2. The Labute approximate surface area is 120 Å². The molecule has 1 heterocycles. The average molecular weight is 317 g/mol. The van der Waals surface area contributed by atoms with Crippen LogP contribution in [0.4, 0.5) is 8.78 Å². The number of nitrogens with zero attached hydrogens (tertiary/aromatic N) is 2. The summed E-state index contributed by atoms with van der Waals surface area (Å²) in [7, 11) is -4.31. The van der Waals surface area contributed by atoms with E-state index in [0.29, 0.717) is 13.0 Å². The van der Waals surface area contributed by atoms with Gasteiger partial charge >= 0.3 is 0 Å². The predicted molar refractivity (Wildman–Crippen MR) is 70.1 cm³/mol. The molecule has 0 amide bonds. The third kappa shape index (κ3) is 3.76. The second kappa shape index (κ2) is 6.19. The number of primary sulfonamides is 1. The first-order valence-electron chi connectivity index (χ1n) is 5.99. The van der Waals surface area contributed by atoms with Crippen molar-refractivity contribution in [2.75, 3.05) is 6.61 Å². The van der Waals surface area contributed by atoms with Crippen LogP contribution in [0.15, 0.2) is 35.7 Å². The summed E-state index contributed by atoms with van der Waals surface area (Å²) in [6, 6.07) is 1.91. The number of rotatable bonds is 6. The summed E-state index contributed by atoms with van der Waals surface area (Å²) in [5, 5.41) is 4.77. The fourth-order valence-electron chi connectivity index (χ4n) is 1.69. The van der Waals surface area contributed by atoms with Gasteiger partial charge in [-0.05, 0) is 18.6 Å². The number of imidazole rings is 1. The van der Waals surface area contributed by atoms with E-state index in [-0.39, 0.29) is 12.4 Å². The number of ether oxygens (including phenoxy) is 1. The van der Waals surface area contributed by atoms with Gasteiger partial charge in [0.15, 0.2) is 11.6 Å². The Morgan fingerprint density at radius 1 is 1.29 bits per heavy atom. The predicted octanol–water partition coefficient (Wildman–Crippen LogP) is 1.28. The van der Waals surface area contributed by atoms with E-state index in [1.54, 1.807) is 18.7 Å². The van der Waals surface area contributed by atoms with Crippen LogP contribution < -0.4 is 9.88 Å². The van der Waals surface area contributed by atoms with Gasteiger partial charge in [-0.15, -0.1) is 0 Å². The second-order valence-corrected chi connectivity index (χ2v) is 5.77. The van der Waals surface area contributed by atoms with Gasteiger partial charge in [0.1, 0.15) is 4.90 Å². The molecular weight excluding hydrogens is 304 g/mol. The van der Waals surface area contributed by atoms with E-state index in [9.17, 15) is 17.2 Å². The lowest BCUT2D eigenvalue weighted by Gasteiger charge is -2.09. The van der Waals surface area contributed by atoms with Crippen molar-refractivity contribution in [3.63, 3.8) is 0 Å². The minimum atomic E-state index is -4.31. The molecule has 2 rings (SSSR count). The number of nitrogens with two attached hydrogens (primary N) is 1. The van der Waals surface area contributed by atoms with E-state index in [2.05, 4.69) is 4.98 Å². The van der Waals surface area contributed by atoms with Crippen molar-refractivity contribution in [2.45, 2.75) is 17.9 Å². The summed E-state index contributed by atoms with van der Waals surface area (Å²) in [4.78, 5) is 2.96. The Hall–Kier alpha value is -2.00. The van der Waals surface area contributed by atoms with E-state index >= 15 is 0 Å². The van der Waals surface area contributed by atoms with Crippen LogP contribution in [0.2, 0.25) is 0 Å². The number of halogens is 2. The van der Waals surface area contributed by atoms with Crippen LogP contribution in [0.25, 0.3) is 0 Å². The first kappa shape index (κ1) is 15.4. The first-order chi connectivity index (χ1) is 9.89. The van der Waals surface area contributed by atoms with Crippen molar-refractivity contribution in [1.29, 1.82) is 0 Å². The minimum Gasteiger partial charge on any atom is -0.490 e. The van der Waals surface area contributed by atoms with Crippen molar-refractivity contribution in [2.24, 2.45) is 5.14 Å². The molecule has 0 aliphatic heterocycles. The Morgan fingerprint density at radius 2 is 2.05 bits per heavy atom. The summed E-state index contributed by atoms with van der Waals surface area (Å²) in [5.74, 6) is -3.26. The van der Waals surface area contributed by atoms with Crippen molar-refractivity contribution in [3.8, 4) is 5.75 Å². The molecule has 9 heteroatoms. The van der Waals surface area contributed by atoms with Gasteiger partial charge in [0.2, 0.25) is 15.8 Å². The van der Waals surface area contributed by atoms with Gasteiger partial charge in [-0.3, -0.25) is 0 Å². The lowest BCUT2D eigenvalue weighted by molar-refractivity contribution is 0.281. The average Bonchev–Trinajstić information content (AvgIpc) is 2.91. The van der Waals surface area contributed by atoms with Gasteiger partial charge in [-0.2, -0.15) is 4.39 Å². The van der Waals surface area contributed by atoms with Gasteiger partial charge in [-0.1, -0.05) is 0 Å². The summed E-state index contributed by atoms with van der Waals surface area (Å²) in [6.45, 7) is 0.753. The van der Waals surface area contributed by atoms with Crippen LogP contribution in [0.5, 0.6) is 5.75 Å². The molecule has 0 saturated heterocycles. The standard InChI is InChI=1S/C12H13F2N3O3S/c13-11-9(2-3-10(12(11)14)21(15,18)19)20-7-1-5-17-6-4-16-8-17/h2-4,6,8H,1,5,7H2,(H2,15,18,19). The lowest BCUT2D eigenvalue weighted by Crippen LogP contribution is -2.15. The van der Waals surface area contributed by atoms with Crippen LogP contribution in [-0.2, 0) is 16.6 Å². The number of hydrogen-bond donors (Lipinski definition) is 1. The maximum atomic E-state index is 13.7. The molecule has 0 fully saturated rings. The molecule has 2 N–H and O–H groups in total. The van der Waals surface area contributed by atoms with Crippen LogP contribution in [-0.4, -0.2) is 24.6 Å². The molecule has 1 aromatic heterocycles. The van der Waals surface area contributed by atoms with Gasteiger partial charge in [-0.25, -0.2) is 22.9 Å². The quantitative estimate of drug-likeness (QED) is 0.813. The lowest BCUT2D eigenvalue weighted by atomic mass is 10.3. The zero-order valence-electron chi connectivity index (χ0n) is 10.9. The molecule has 0 unspecified atom stereocenters. The number of benzene rings is 1. The van der Waals surface area contributed by atoms with Crippen molar-refractivity contribution in [3.05, 3.63) is 42.5 Å².